The lowest BCUT2D eigenvalue weighted by Gasteiger charge is -2.09. The Kier molecular flexibility index (Phi) is 3.66. The number of nitrogens with one attached hydrogen (secondary N) is 1. The van der Waals surface area contributed by atoms with E-state index in [0.29, 0.717) is 26.6 Å². The molecule has 5 heteroatoms. The third-order valence-corrected chi connectivity index (χ3v) is 3.75. The molecule has 1 heterocycles. The topological polar surface area (TPSA) is 42.0 Å². The molecule has 3 rings (SSSR count). The molecular formula is C16H10BrFN2O. The van der Waals surface area contributed by atoms with Crippen molar-refractivity contribution in [2.45, 2.75) is 0 Å². The maximum Gasteiger partial charge on any atom is 0.256 e. The molecule has 0 fully saturated rings. The Morgan fingerprint density at radius 1 is 1.05 bits per heavy atom. The minimum Gasteiger partial charge on any atom is -0.320 e. The van der Waals surface area contributed by atoms with Crippen LogP contribution in [0.2, 0.25) is 0 Å². The van der Waals surface area contributed by atoms with Gasteiger partial charge in [0, 0.05) is 17.1 Å². The van der Waals surface area contributed by atoms with E-state index in [9.17, 15) is 9.18 Å². The Morgan fingerprint density at radius 2 is 1.81 bits per heavy atom. The first-order valence-electron chi connectivity index (χ1n) is 6.26. The number of pyridine rings is 1. The predicted octanol–water partition coefficient (Wildman–Crippen LogP) is 4.39. The van der Waals surface area contributed by atoms with Crippen LogP contribution in [0.15, 0.2) is 59.3 Å². The largest absolute Gasteiger partial charge is 0.320 e. The van der Waals surface area contributed by atoms with Crippen LogP contribution in [-0.2, 0) is 0 Å². The highest BCUT2D eigenvalue weighted by Crippen LogP contribution is 2.24. The quantitative estimate of drug-likeness (QED) is 0.700. The fourth-order valence-electron chi connectivity index (χ4n) is 2.13. The van der Waals surface area contributed by atoms with Gasteiger partial charge in [-0.3, -0.25) is 4.79 Å². The molecule has 0 atom stereocenters. The van der Waals surface area contributed by atoms with Crippen molar-refractivity contribution in [3.63, 3.8) is 0 Å². The standard InChI is InChI=1S/C16H10BrFN2O/c17-15-14(6-3-9-19-15)20-16(21)12-7-8-13(18)11-5-2-1-4-10(11)12/h1-9H,(H,20,21). The molecule has 0 aliphatic carbocycles. The molecule has 3 nitrogen and oxygen atoms in total. The molecule has 3 aromatic rings. The van der Waals surface area contributed by atoms with E-state index < -0.39 is 0 Å². The van der Waals surface area contributed by atoms with E-state index in [4.69, 9.17) is 0 Å². The summed E-state index contributed by atoms with van der Waals surface area (Å²) < 4.78 is 14.3. The van der Waals surface area contributed by atoms with Crippen LogP contribution in [0, 0.1) is 5.82 Å². The average molecular weight is 345 g/mol. The first-order chi connectivity index (χ1) is 10.2. The van der Waals surface area contributed by atoms with Crippen LogP contribution in [0.5, 0.6) is 0 Å². The highest BCUT2D eigenvalue weighted by Gasteiger charge is 2.13. The average Bonchev–Trinajstić information content (AvgIpc) is 2.50. The molecule has 1 aromatic heterocycles. The third kappa shape index (κ3) is 2.64. The Morgan fingerprint density at radius 3 is 2.57 bits per heavy atom. The number of nitrogens with zero attached hydrogens (tertiary/aromatic N) is 1. The van der Waals surface area contributed by atoms with Crippen molar-refractivity contribution < 1.29 is 9.18 Å². The molecule has 0 spiro atoms. The minimum absolute atomic E-state index is 0.306. The number of halogens is 2. The monoisotopic (exact) mass is 344 g/mol. The number of hydrogen-bond donors (Lipinski definition) is 1. The molecule has 1 amide bonds. The zero-order valence-corrected chi connectivity index (χ0v) is 12.4. The Labute approximate surface area is 128 Å². The van der Waals surface area contributed by atoms with Crippen molar-refractivity contribution in [2.75, 3.05) is 5.32 Å². The van der Waals surface area contributed by atoms with Gasteiger partial charge in [0.25, 0.3) is 5.91 Å². The highest BCUT2D eigenvalue weighted by atomic mass is 79.9. The number of carbonyl (C=O) groups excluding carboxylic acids is 1. The van der Waals surface area contributed by atoms with Gasteiger partial charge in [0.15, 0.2) is 0 Å². The van der Waals surface area contributed by atoms with Crippen LogP contribution in [0.1, 0.15) is 10.4 Å². The molecule has 2 aromatic carbocycles. The van der Waals surface area contributed by atoms with E-state index >= 15 is 0 Å². The molecule has 0 saturated carbocycles. The summed E-state index contributed by atoms with van der Waals surface area (Å²) in [5.74, 6) is -0.649. The van der Waals surface area contributed by atoms with Crippen molar-refractivity contribution in [1.29, 1.82) is 0 Å². The Bertz CT molecular complexity index is 835. The van der Waals surface area contributed by atoms with Gasteiger partial charge in [0.2, 0.25) is 0 Å². The van der Waals surface area contributed by atoms with Crippen LogP contribution in [-0.4, -0.2) is 10.9 Å². The SMILES string of the molecule is O=C(Nc1cccnc1Br)c1ccc(F)c2ccccc12. The normalized spacial score (nSPS) is 10.6. The van der Waals surface area contributed by atoms with E-state index in [0.717, 1.165) is 0 Å². The van der Waals surface area contributed by atoms with Gasteiger partial charge in [-0.25, -0.2) is 9.37 Å². The van der Waals surface area contributed by atoms with E-state index in [2.05, 4.69) is 26.2 Å². The maximum atomic E-state index is 13.8. The number of aromatic nitrogens is 1. The van der Waals surface area contributed by atoms with Crippen molar-refractivity contribution in [3.8, 4) is 0 Å². The van der Waals surface area contributed by atoms with Gasteiger partial charge in [-0.05, 0) is 45.6 Å². The van der Waals surface area contributed by atoms with E-state index in [-0.39, 0.29) is 11.7 Å². The molecule has 0 unspecified atom stereocenters. The maximum absolute atomic E-state index is 13.8. The van der Waals surface area contributed by atoms with Crippen molar-refractivity contribution in [3.05, 3.63) is 70.7 Å². The molecule has 0 radical (unpaired) electrons. The molecule has 0 saturated heterocycles. The Balaban J connectivity index is 2.03. The van der Waals surface area contributed by atoms with Gasteiger partial charge < -0.3 is 5.32 Å². The van der Waals surface area contributed by atoms with Gasteiger partial charge in [0.1, 0.15) is 10.4 Å². The number of amides is 1. The number of fused-ring (bicyclic) bond motifs is 1. The summed E-state index contributed by atoms with van der Waals surface area (Å²) in [5, 5.41) is 3.77. The fraction of sp³-hybridized carbons (Fsp3) is 0. The van der Waals surface area contributed by atoms with Crippen LogP contribution in [0.3, 0.4) is 0 Å². The second-order valence-corrected chi connectivity index (χ2v) is 5.19. The zero-order valence-electron chi connectivity index (χ0n) is 10.8. The molecular weight excluding hydrogens is 335 g/mol. The predicted molar refractivity (Wildman–Crippen MR) is 83.8 cm³/mol. The molecule has 0 bridgehead atoms. The van der Waals surface area contributed by atoms with Crippen LogP contribution in [0.4, 0.5) is 10.1 Å². The number of benzene rings is 2. The smallest absolute Gasteiger partial charge is 0.256 e. The summed E-state index contributed by atoms with van der Waals surface area (Å²) in [6, 6.07) is 13.1. The summed E-state index contributed by atoms with van der Waals surface area (Å²) in [7, 11) is 0. The number of hydrogen-bond acceptors (Lipinski definition) is 2. The lowest BCUT2D eigenvalue weighted by atomic mass is 10.0. The number of carbonyl (C=O) groups is 1. The molecule has 0 aliphatic rings. The third-order valence-electron chi connectivity index (χ3n) is 3.12. The van der Waals surface area contributed by atoms with Gasteiger partial charge in [-0.1, -0.05) is 24.3 Å². The van der Waals surface area contributed by atoms with E-state index in [1.165, 1.54) is 12.1 Å². The molecule has 0 aliphatic heterocycles. The number of rotatable bonds is 2. The van der Waals surface area contributed by atoms with Gasteiger partial charge in [0.05, 0.1) is 5.69 Å². The molecule has 104 valence electrons. The van der Waals surface area contributed by atoms with Crippen molar-refractivity contribution >= 4 is 38.3 Å². The van der Waals surface area contributed by atoms with Gasteiger partial charge >= 0.3 is 0 Å². The first kappa shape index (κ1) is 13.7. The fourth-order valence-corrected chi connectivity index (χ4v) is 2.48. The summed E-state index contributed by atoms with van der Waals surface area (Å²) in [5.41, 5.74) is 0.985. The minimum atomic E-state index is -0.343. The summed E-state index contributed by atoms with van der Waals surface area (Å²) in [4.78, 5) is 16.5. The summed E-state index contributed by atoms with van der Waals surface area (Å²) >= 11 is 3.27. The van der Waals surface area contributed by atoms with Crippen molar-refractivity contribution in [1.82, 2.24) is 4.98 Å². The lowest BCUT2D eigenvalue weighted by molar-refractivity contribution is 0.102. The summed E-state index contributed by atoms with van der Waals surface area (Å²) in [6.45, 7) is 0. The second-order valence-electron chi connectivity index (χ2n) is 4.44. The van der Waals surface area contributed by atoms with Crippen LogP contribution >= 0.6 is 15.9 Å². The second kappa shape index (κ2) is 5.61. The highest BCUT2D eigenvalue weighted by molar-refractivity contribution is 9.10. The van der Waals surface area contributed by atoms with Gasteiger partial charge in [-0.15, -0.1) is 0 Å². The lowest BCUT2D eigenvalue weighted by Crippen LogP contribution is -2.13. The number of anilines is 1. The summed E-state index contributed by atoms with van der Waals surface area (Å²) in [6.07, 6.45) is 1.62. The van der Waals surface area contributed by atoms with E-state index in [1.807, 2.05) is 0 Å². The van der Waals surface area contributed by atoms with Crippen LogP contribution in [0.25, 0.3) is 10.8 Å². The molecule has 1 N–H and O–H groups in total. The van der Waals surface area contributed by atoms with Crippen molar-refractivity contribution in [2.24, 2.45) is 0 Å². The zero-order chi connectivity index (χ0) is 14.8. The molecule has 21 heavy (non-hydrogen) atoms. The van der Waals surface area contributed by atoms with Crippen LogP contribution < -0.4 is 5.32 Å². The van der Waals surface area contributed by atoms with Gasteiger partial charge in [-0.2, -0.15) is 0 Å². The first-order valence-corrected chi connectivity index (χ1v) is 7.05. The Hall–Kier alpha value is -2.27. The van der Waals surface area contributed by atoms with E-state index in [1.54, 1.807) is 42.6 Å².